The summed E-state index contributed by atoms with van der Waals surface area (Å²) in [5, 5.41) is 12.3. The first-order valence-corrected chi connectivity index (χ1v) is 8.58. The van der Waals surface area contributed by atoms with Crippen molar-refractivity contribution in [3.8, 4) is 0 Å². The number of thiophene rings is 1. The minimum Gasteiger partial charge on any atom is -0.481 e. The first-order chi connectivity index (χ1) is 12.0. The Morgan fingerprint density at radius 1 is 1.48 bits per heavy atom. The van der Waals surface area contributed by atoms with E-state index in [4.69, 9.17) is 14.6 Å². The van der Waals surface area contributed by atoms with Crippen LogP contribution in [-0.4, -0.2) is 42.8 Å². The van der Waals surface area contributed by atoms with Crippen molar-refractivity contribution < 1.29 is 28.6 Å². The largest absolute Gasteiger partial charge is 0.481 e. The number of nitrogens with one attached hydrogen (secondary N) is 1. The fourth-order valence-electron chi connectivity index (χ4n) is 3.11. The van der Waals surface area contributed by atoms with Gasteiger partial charge in [0.15, 0.2) is 0 Å². The summed E-state index contributed by atoms with van der Waals surface area (Å²) >= 11 is 1.17. The first kappa shape index (κ1) is 17.8. The van der Waals surface area contributed by atoms with E-state index in [1.165, 1.54) is 24.5 Å². The van der Waals surface area contributed by atoms with Crippen molar-refractivity contribution in [3.05, 3.63) is 34.5 Å². The topological polar surface area (TPSA) is 84.9 Å². The molecule has 1 saturated heterocycles. The highest BCUT2D eigenvalue weighted by atomic mass is 32.1. The Morgan fingerprint density at radius 2 is 2.28 bits per heavy atom. The van der Waals surface area contributed by atoms with Gasteiger partial charge in [0.25, 0.3) is 5.91 Å². The molecule has 3 rings (SSSR count). The quantitative estimate of drug-likeness (QED) is 0.820. The Bertz CT molecular complexity index is 813. The van der Waals surface area contributed by atoms with Gasteiger partial charge < -0.3 is 19.9 Å². The van der Waals surface area contributed by atoms with Gasteiger partial charge in [0.2, 0.25) is 0 Å². The van der Waals surface area contributed by atoms with Crippen LogP contribution in [-0.2, 0) is 20.9 Å². The Hall–Kier alpha value is -2.03. The van der Waals surface area contributed by atoms with E-state index in [1.807, 2.05) is 0 Å². The maximum Gasteiger partial charge on any atom is 0.305 e. The van der Waals surface area contributed by atoms with E-state index >= 15 is 0 Å². The van der Waals surface area contributed by atoms with Gasteiger partial charge >= 0.3 is 5.97 Å². The van der Waals surface area contributed by atoms with Gasteiger partial charge in [0, 0.05) is 29.4 Å². The Kier molecular flexibility index (Phi) is 5.03. The number of carbonyl (C=O) groups excluding carboxylic acids is 1. The molecule has 6 nitrogen and oxygen atoms in total. The molecule has 2 N–H and O–H groups in total. The molecule has 0 aliphatic carbocycles. The third-order valence-electron chi connectivity index (χ3n) is 4.23. The minimum absolute atomic E-state index is 0.0894. The number of carboxylic acid groups (broad SMARTS) is 1. The fraction of sp³-hybridized carbons (Fsp3) is 0.412. The molecule has 2 aromatic rings. The highest BCUT2D eigenvalue weighted by molar-refractivity contribution is 7.21. The molecule has 1 amide bonds. The van der Waals surface area contributed by atoms with Crippen LogP contribution in [0, 0.1) is 5.82 Å². The predicted octanol–water partition coefficient (Wildman–Crippen LogP) is 2.55. The molecule has 134 valence electrons. The Balaban J connectivity index is 1.97. The number of fused-ring (bicyclic) bond motifs is 1. The highest BCUT2D eigenvalue weighted by Gasteiger charge is 2.39. The van der Waals surface area contributed by atoms with Crippen molar-refractivity contribution in [2.45, 2.75) is 25.0 Å². The second kappa shape index (κ2) is 7.07. The predicted molar refractivity (Wildman–Crippen MR) is 90.4 cm³/mol. The maximum atomic E-state index is 14.2. The molecule has 0 saturated carbocycles. The van der Waals surface area contributed by atoms with E-state index in [1.54, 1.807) is 12.1 Å². The van der Waals surface area contributed by atoms with E-state index in [0.717, 1.165) is 0 Å². The molecule has 1 aromatic carbocycles. The molecule has 1 aliphatic heterocycles. The average Bonchev–Trinajstić information content (AvgIpc) is 3.13. The number of hydrogen-bond donors (Lipinski definition) is 2. The molecule has 0 spiro atoms. The standard InChI is InChI=1S/C17H18FNO5S/c1-23-8-10-14-11(18)3-2-4-12(14)25-15(10)16(22)19-17(7-13(20)21)5-6-24-9-17/h2-4H,5-9H2,1H3,(H,19,22)(H,20,21). The van der Waals surface area contributed by atoms with E-state index in [2.05, 4.69) is 5.32 Å². The summed E-state index contributed by atoms with van der Waals surface area (Å²) in [6.07, 6.45) is 0.196. The number of halogens is 1. The number of amides is 1. The molecule has 1 atom stereocenters. The summed E-state index contributed by atoms with van der Waals surface area (Å²) in [4.78, 5) is 24.3. The van der Waals surface area contributed by atoms with Gasteiger partial charge in [0.1, 0.15) is 5.82 Å². The lowest BCUT2D eigenvalue weighted by Gasteiger charge is -2.26. The van der Waals surface area contributed by atoms with Crippen LogP contribution in [0.3, 0.4) is 0 Å². The molecule has 1 unspecified atom stereocenters. The molecular formula is C17H18FNO5S. The van der Waals surface area contributed by atoms with Crippen molar-refractivity contribution in [2.75, 3.05) is 20.3 Å². The molecule has 1 fully saturated rings. The lowest BCUT2D eigenvalue weighted by molar-refractivity contribution is -0.138. The zero-order valence-electron chi connectivity index (χ0n) is 13.6. The van der Waals surface area contributed by atoms with Gasteiger partial charge in [-0.2, -0.15) is 0 Å². The van der Waals surface area contributed by atoms with Gasteiger partial charge in [-0.05, 0) is 18.6 Å². The van der Waals surface area contributed by atoms with Crippen LogP contribution >= 0.6 is 11.3 Å². The summed E-state index contributed by atoms with van der Waals surface area (Å²) in [5.41, 5.74) is -0.468. The van der Waals surface area contributed by atoms with Crippen molar-refractivity contribution in [2.24, 2.45) is 0 Å². The van der Waals surface area contributed by atoms with Crippen LogP contribution in [0.15, 0.2) is 18.2 Å². The summed E-state index contributed by atoms with van der Waals surface area (Å²) in [6.45, 7) is 0.621. The van der Waals surface area contributed by atoms with Crippen molar-refractivity contribution >= 4 is 33.3 Å². The number of ether oxygens (including phenoxy) is 2. The Labute approximate surface area is 147 Å². The number of benzene rings is 1. The van der Waals surface area contributed by atoms with Crippen molar-refractivity contribution in [1.29, 1.82) is 0 Å². The van der Waals surface area contributed by atoms with Crippen LogP contribution in [0.5, 0.6) is 0 Å². The summed E-state index contributed by atoms with van der Waals surface area (Å²) in [7, 11) is 1.47. The molecule has 8 heteroatoms. The number of methoxy groups -OCH3 is 1. The molecule has 1 aliphatic rings. The summed E-state index contributed by atoms with van der Waals surface area (Å²) in [5.74, 6) is -1.85. The lowest BCUT2D eigenvalue weighted by atomic mass is 9.94. The molecule has 1 aromatic heterocycles. The monoisotopic (exact) mass is 367 g/mol. The number of carboxylic acids is 1. The lowest BCUT2D eigenvalue weighted by Crippen LogP contribution is -2.50. The minimum atomic E-state index is -1.01. The van der Waals surface area contributed by atoms with Gasteiger partial charge in [0.05, 0.1) is 30.1 Å². The van der Waals surface area contributed by atoms with Gasteiger partial charge in [-0.3, -0.25) is 9.59 Å². The molecule has 0 radical (unpaired) electrons. The fourth-order valence-corrected chi connectivity index (χ4v) is 4.23. The smallest absolute Gasteiger partial charge is 0.305 e. The SMILES string of the molecule is COCc1c(C(=O)NC2(CC(=O)O)CCOC2)sc2cccc(F)c12. The normalized spacial score (nSPS) is 20.1. The first-order valence-electron chi connectivity index (χ1n) is 7.77. The molecule has 25 heavy (non-hydrogen) atoms. The van der Waals surface area contributed by atoms with Gasteiger partial charge in [-0.1, -0.05) is 6.07 Å². The Morgan fingerprint density at radius 3 is 2.92 bits per heavy atom. The van der Waals surface area contributed by atoms with Gasteiger partial charge in [-0.15, -0.1) is 11.3 Å². The van der Waals surface area contributed by atoms with Crippen LogP contribution in [0.2, 0.25) is 0 Å². The summed E-state index contributed by atoms with van der Waals surface area (Å²) < 4.78 is 25.3. The zero-order valence-corrected chi connectivity index (χ0v) is 14.5. The van der Waals surface area contributed by atoms with E-state index in [9.17, 15) is 14.0 Å². The highest BCUT2D eigenvalue weighted by Crippen LogP contribution is 2.34. The van der Waals surface area contributed by atoms with Crippen molar-refractivity contribution in [1.82, 2.24) is 5.32 Å². The second-order valence-electron chi connectivity index (χ2n) is 6.06. The van der Waals surface area contributed by atoms with E-state index < -0.39 is 23.2 Å². The number of carbonyl (C=O) groups is 2. The maximum absolute atomic E-state index is 14.2. The third-order valence-corrected chi connectivity index (χ3v) is 5.43. The van der Waals surface area contributed by atoms with Crippen LogP contribution in [0.4, 0.5) is 4.39 Å². The molecule has 2 heterocycles. The van der Waals surface area contributed by atoms with Gasteiger partial charge in [-0.25, -0.2) is 4.39 Å². The number of aliphatic carboxylic acids is 1. The summed E-state index contributed by atoms with van der Waals surface area (Å²) in [6, 6.07) is 4.67. The van der Waals surface area contributed by atoms with E-state index in [0.29, 0.717) is 33.6 Å². The number of rotatable bonds is 6. The van der Waals surface area contributed by atoms with Crippen LogP contribution in [0.1, 0.15) is 28.1 Å². The average molecular weight is 367 g/mol. The van der Waals surface area contributed by atoms with Crippen LogP contribution in [0.25, 0.3) is 10.1 Å². The van der Waals surface area contributed by atoms with Crippen LogP contribution < -0.4 is 5.32 Å². The second-order valence-corrected chi connectivity index (χ2v) is 7.12. The molecular weight excluding hydrogens is 349 g/mol. The zero-order chi connectivity index (χ0) is 18.0. The van der Waals surface area contributed by atoms with E-state index in [-0.39, 0.29) is 19.6 Å². The van der Waals surface area contributed by atoms with Crippen molar-refractivity contribution in [3.63, 3.8) is 0 Å². The third kappa shape index (κ3) is 3.51. The molecule has 0 bridgehead atoms. The number of hydrogen-bond acceptors (Lipinski definition) is 5.